The first-order valence-electron chi connectivity index (χ1n) is 6.63. The lowest BCUT2D eigenvalue weighted by Crippen LogP contribution is -2.05. The third-order valence-corrected chi connectivity index (χ3v) is 3.52. The summed E-state index contributed by atoms with van der Waals surface area (Å²) in [6.45, 7) is 4.29. The van der Waals surface area contributed by atoms with Gasteiger partial charge in [-0.05, 0) is 37.6 Å². The van der Waals surface area contributed by atoms with Gasteiger partial charge in [-0.2, -0.15) is 0 Å². The molecule has 0 aliphatic heterocycles. The van der Waals surface area contributed by atoms with E-state index in [-0.39, 0.29) is 6.04 Å². The van der Waals surface area contributed by atoms with Crippen LogP contribution in [0.1, 0.15) is 24.1 Å². The number of benzene rings is 2. The molecule has 19 heavy (non-hydrogen) atoms. The maximum absolute atomic E-state index is 3.54. The van der Waals surface area contributed by atoms with Crippen molar-refractivity contribution in [1.29, 1.82) is 0 Å². The van der Waals surface area contributed by atoms with Gasteiger partial charge in [-0.1, -0.05) is 35.9 Å². The maximum Gasteiger partial charge on any atom is 0.0506 e. The van der Waals surface area contributed by atoms with Gasteiger partial charge >= 0.3 is 0 Å². The third-order valence-electron chi connectivity index (χ3n) is 3.52. The van der Waals surface area contributed by atoms with Crippen molar-refractivity contribution in [2.24, 2.45) is 0 Å². The highest BCUT2D eigenvalue weighted by molar-refractivity contribution is 5.83. The summed E-state index contributed by atoms with van der Waals surface area (Å²) in [5, 5.41) is 4.83. The molecule has 0 bridgehead atoms. The number of fused-ring (bicyclic) bond motifs is 1. The van der Waals surface area contributed by atoms with E-state index in [4.69, 9.17) is 0 Å². The number of anilines is 1. The molecule has 0 radical (unpaired) electrons. The minimum atomic E-state index is 0.277. The Morgan fingerprint density at radius 1 is 1.00 bits per heavy atom. The van der Waals surface area contributed by atoms with Crippen molar-refractivity contribution >= 4 is 16.6 Å². The number of hydrogen-bond acceptors (Lipinski definition) is 1. The standard InChI is InChI=1S/C17H18N2/c1-12-7-9-14(10-8-12)19-13(2)16-11-18-17-6-4-3-5-15(16)17/h3-11,13,18-19H,1-2H3. The Morgan fingerprint density at radius 2 is 1.74 bits per heavy atom. The molecule has 2 aromatic carbocycles. The van der Waals surface area contributed by atoms with Crippen molar-refractivity contribution in [3.8, 4) is 0 Å². The van der Waals surface area contributed by atoms with E-state index < -0.39 is 0 Å². The number of aromatic nitrogens is 1. The highest BCUT2D eigenvalue weighted by atomic mass is 14.9. The molecule has 96 valence electrons. The zero-order valence-corrected chi connectivity index (χ0v) is 11.3. The molecule has 1 atom stereocenters. The number of aryl methyl sites for hydroxylation is 1. The van der Waals surface area contributed by atoms with E-state index in [1.165, 1.54) is 22.0 Å². The molecule has 2 heteroatoms. The SMILES string of the molecule is Cc1ccc(NC(C)c2c[nH]c3ccccc23)cc1. The van der Waals surface area contributed by atoms with Crippen LogP contribution in [-0.4, -0.2) is 4.98 Å². The van der Waals surface area contributed by atoms with Crippen LogP contribution in [-0.2, 0) is 0 Å². The van der Waals surface area contributed by atoms with Gasteiger partial charge in [-0.3, -0.25) is 0 Å². The number of H-pyrrole nitrogens is 1. The fourth-order valence-electron chi connectivity index (χ4n) is 2.43. The molecular weight excluding hydrogens is 232 g/mol. The fourth-order valence-corrected chi connectivity index (χ4v) is 2.43. The highest BCUT2D eigenvalue weighted by Gasteiger charge is 2.10. The Kier molecular flexibility index (Phi) is 3.00. The minimum Gasteiger partial charge on any atom is -0.378 e. The second-order valence-electron chi connectivity index (χ2n) is 5.02. The number of nitrogens with one attached hydrogen (secondary N) is 2. The average molecular weight is 250 g/mol. The first-order valence-corrected chi connectivity index (χ1v) is 6.63. The van der Waals surface area contributed by atoms with Crippen molar-refractivity contribution in [3.05, 3.63) is 65.9 Å². The zero-order valence-electron chi connectivity index (χ0n) is 11.3. The first kappa shape index (κ1) is 11.8. The Bertz CT molecular complexity index is 680. The molecule has 0 spiro atoms. The summed E-state index contributed by atoms with van der Waals surface area (Å²) in [4.78, 5) is 3.32. The third kappa shape index (κ3) is 2.34. The molecule has 0 saturated carbocycles. The number of hydrogen-bond donors (Lipinski definition) is 2. The molecule has 1 aromatic heterocycles. The zero-order chi connectivity index (χ0) is 13.2. The van der Waals surface area contributed by atoms with Crippen molar-refractivity contribution in [2.75, 3.05) is 5.32 Å². The van der Waals surface area contributed by atoms with Gasteiger partial charge in [0.2, 0.25) is 0 Å². The number of para-hydroxylation sites is 1. The monoisotopic (exact) mass is 250 g/mol. The van der Waals surface area contributed by atoms with Crippen molar-refractivity contribution in [2.45, 2.75) is 19.9 Å². The Labute approximate surface area is 113 Å². The summed E-state index contributed by atoms with van der Waals surface area (Å²) < 4.78 is 0. The van der Waals surface area contributed by atoms with E-state index in [2.05, 4.69) is 78.9 Å². The van der Waals surface area contributed by atoms with E-state index in [1.54, 1.807) is 0 Å². The quantitative estimate of drug-likeness (QED) is 0.695. The molecule has 1 heterocycles. The van der Waals surface area contributed by atoms with E-state index in [9.17, 15) is 0 Å². The lowest BCUT2D eigenvalue weighted by atomic mass is 10.1. The summed E-state index contributed by atoms with van der Waals surface area (Å²) in [6.07, 6.45) is 2.09. The van der Waals surface area contributed by atoms with Crippen molar-refractivity contribution < 1.29 is 0 Å². The summed E-state index contributed by atoms with van der Waals surface area (Å²) in [5.41, 5.74) is 4.93. The van der Waals surface area contributed by atoms with Crippen LogP contribution in [0.15, 0.2) is 54.7 Å². The molecule has 0 fully saturated rings. The second kappa shape index (κ2) is 4.81. The highest BCUT2D eigenvalue weighted by Crippen LogP contribution is 2.26. The van der Waals surface area contributed by atoms with E-state index in [0.29, 0.717) is 0 Å². The smallest absolute Gasteiger partial charge is 0.0506 e. The fraction of sp³-hybridized carbons (Fsp3) is 0.176. The first-order chi connectivity index (χ1) is 9.24. The molecule has 2 nitrogen and oxygen atoms in total. The van der Waals surface area contributed by atoms with Gasteiger partial charge in [0.05, 0.1) is 6.04 Å². The number of aromatic amines is 1. The average Bonchev–Trinajstić information content (AvgIpc) is 2.85. The van der Waals surface area contributed by atoms with E-state index >= 15 is 0 Å². The van der Waals surface area contributed by atoms with Gasteiger partial charge in [0.25, 0.3) is 0 Å². The van der Waals surface area contributed by atoms with Gasteiger partial charge in [-0.25, -0.2) is 0 Å². The largest absolute Gasteiger partial charge is 0.378 e. The van der Waals surface area contributed by atoms with Gasteiger partial charge in [0.15, 0.2) is 0 Å². The lowest BCUT2D eigenvalue weighted by molar-refractivity contribution is 0.893. The van der Waals surface area contributed by atoms with Crippen LogP contribution in [0, 0.1) is 6.92 Å². The van der Waals surface area contributed by atoms with Crippen LogP contribution in [0.3, 0.4) is 0 Å². The molecule has 0 aliphatic carbocycles. The summed E-state index contributed by atoms with van der Waals surface area (Å²) >= 11 is 0. The lowest BCUT2D eigenvalue weighted by Gasteiger charge is -2.15. The molecule has 3 aromatic rings. The summed E-state index contributed by atoms with van der Waals surface area (Å²) in [7, 11) is 0. The molecule has 3 rings (SSSR count). The Hall–Kier alpha value is -2.22. The van der Waals surface area contributed by atoms with Gasteiger partial charge in [0.1, 0.15) is 0 Å². The van der Waals surface area contributed by atoms with Crippen LogP contribution < -0.4 is 5.32 Å². The van der Waals surface area contributed by atoms with Crippen molar-refractivity contribution in [1.82, 2.24) is 4.98 Å². The minimum absolute atomic E-state index is 0.277. The van der Waals surface area contributed by atoms with Crippen LogP contribution >= 0.6 is 0 Å². The topological polar surface area (TPSA) is 27.8 Å². The molecule has 1 unspecified atom stereocenters. The van der Waals surface area contributed by atoms with Crippen LogP contribution in [0.4, 0.5) is 5.69 Å². The molecule has 0 amide bonds. The van der Waals surface area contributed by atoms with E-state index in [1.807, 2.05) is 0 Å². The maximum atomic E-state index is 3.54. The molecular formula is C17H18N2. The normalized spacial score (nSPS) is 12.5. The van der Waals surface area contributed by atoms with Crippen LogP contribution in [0.25, 0.3) is 10.9 Å². The number of rotatable bonds is 3. The van der Waals surface area contributed by atoms with Gasteiger partial charge in [-0.15, -0.1) is 0 Å². The Morgan fingerprint density at radius 3 is 2.53 bits per heavy atom. The molecule has 2 N–H and O–H groups in total. The van der Waals surface area contributed by atoms with E-state index in [0.717, 1.165) is 5.69 Å². The van der Waals surface area contributed by atoms with Gasteiger partial charge in [0, 0.05) is 22.8 Å². The van der Waals surface area contributed by atoms with Crippen LogP contribution in [0.5, 0.6) is 0 Å². The second-order valence-corrected chi connectivity index (χ2v) is 5.02. The summed E-state index contributed by atoms with van der Waals surface area (Å²) in [6, 6.07) is 17.2. The molecule has 0 aliphatic rings. The Balaban J connectivity index is 1.87. The van der Waals surface area contributed by atoms with Crippen LogP contribution in [0.2, 0.25) is 0 Å². The van der Waals surface area contributed by atoms with Gasteiger partial charge < -0.3 is 10.3 Å². The van der Waals surface area contributed by atoms with Crippen molar-refractivity contribution in [3.63, 3.8) is 0 Å². The summed E-state index contributed by atoms with van der Waals surface area (Å²) in [5.74, 6) is 0. The molecule has 0 saturated heterocycles. The predicted molar refractivity (Wildman–Crippen MR) is 81.5 cm³/mol. The predicted octanol–water partition coefficient (Wildman–Crippen LogP) is 4.65.